The number of benzene rings is 1. The molecular formula is C10H5F5N2O3S. The predicted octanol–water partition coefficient (Wildman–Crippen LogP) is 2.18. The highest BCUT2D eigenvalue weighted by Crippen LogP contribution is 2.22. The number of hydrogen-bond acceptors (Lipinski definition) is 5. The minimum absolute atomic E-state index is 0.163. The summed E-state index contributed by atoms with van der Waals surface area (Å²) in [5, 5.41) is 0. The van der Waals surface area contributed by atoms with Crippen LogP contribution >= 0.6 is 0 Å². The smallest absolute Gasteiger partial charge is 0.257 e. The van der Waals surface area contributed by atoms with Crippen molar-refractivity contribution in [2.45, 2.75) is 11.1 Å². The molecule has 0 aliphatic heterocycles. The van der Waals surface area contributed by atoms with E-state index >= 15 is 0 Å². The molecule has 1 heterocycles. The zero-order valence-corrected chi connectivity index (χ0v) is 10.7. The Hall–Kier alpha value is -1.88. The van der Waals surface area contributed by atoms with Crippen LogP contribution in [-0.2, 0) is 14.3 Å². The fourth-order valence-corrected chi connectivity index (χ4v) is 2.27. The molecule has 0 radical (unpaired) electrons. The van der Waals surface area contributed by atoms with E-state index in [0.29, 0.717) is 0 Å². The summed E-state index contributed by atoms with van der Waals surface area (Å²) in [6.07, 6.45) is -4.83. The van der Waals surface area contributed by atoms with Gasteiger partial charge in [-0.25, -0.2) is 9.97 Å². The van der Waals surface area contributed by atoms with E-state index in [1.165, 1.54) is 0 Å². The van der Waals surface area contributed by atoms with E-state index < -0.39 is 39.7 Å². The summed E-state index contributed by atoms with van der Waals surface area (Å²) in [5.74, 6) is -3.04. The number of aromatic nitrogens is 2. The highest BCUT2D eigenvalue weighted by atomic mass is 32.2. The molecule has 1 aromatic carbocycles. The van der Waals surface area contributed by atoms with Gasteiger partial charge >= 0.3 is 6.18 Å². The molecule has 2 aromatic rings. The molecule has 5 nitrogen and oxygen atoms in total. The molecule has 0 bridgehead atoms. The molecule has 0 aliphatic carbocycles. The second kappa shape index (κ2) is 5.15. The largest absolute Gasteiger partial charge is 0.413 e. The maximum absolute atomic E-state index is 12.9. The molecular weight excluding hydrogens is 323 g/mol. The van der Waals surface area contributed by atoms with Crippen LogP contribution in [0.4, 0.5) is 22.0 Å². The second-order valence-electron chi connectivity index (χ2n) is 3.79. The van der Waals surface area contributed by atoms with Gasteiger partial charge in [0, 0.05) is 0 Å². The van der Waals surface area contributed by atoms with E-state index in [1.54, 1.807) is 0 Å². The lowest BCUT2D eigenvalue weighted by Crippen LogP contribution is -2.20. The topological polar surface area (TPSA) is 69.2 Å². The highest BCUT2D eigenvalue weighted by Gasteiger charge is 2.31. The molecule has 0 spiro atoms. The Balaban J connectivity index is 2.40. The van der Waals surface area contributed by atoms with Gasteiger partial charge in [-0.05, 0) is 18.2 Å². The summed E-state index contributed by atoms with van der Waals surface area (Å²) < 4.78 is 88.5. The first-order valence-electron chi connectivity index (χ1n) is 5.17. The second-order valence-corrected chi connectivity index (χ2v) is 5.40. The summed E-state index contributed by atoms with van der Waals surface area (Å²) in [5.41, 5.74) is -0.505. The van der Waals surface area contributed by atoms with Crippen LogP contribution in [0.3, 0.4) is 0 Å². The minimum atomic E-state index is -4.83. The number of alkyl halides is 3. The third kappa shape index (κ3) is 3.61. The van der Waals surface area contributed by atoms with Gasteiger partial charge in [-0.15, -0.1) is 0 Å². The molecule has 11 heteroatoms. The first kappa shape index (κ1) is 15.5. The average molecular weight is 328 g/mol. The molecule has 1 aromatic heterocycles. The van der Waals surface area contributed by atoms with Crippen LogP contribution in [-0.4, -0.2) is 31.2 Å². The Morgan fingerprint density at radius 3 is 2.19 bits per heavy atom. The van der Waals surface area contributed by atoms with Crippen molar-refractivity contribution >= 4 is 21.2 Å². The van der Waals surface area contributed by atoms with E-state index in [-0.39, 0.29) is 11.0 Å². The van der Waals surface area contributed by atoms with Gasteiger partial charge in [-0.2, -0.15) is 30.4 Å². The zero-order chi connectivity index (χ0) is 15.8. The van der Waals surface area contributed by atoms with Crippen molar-refractivity contribution in [1.82, 2.24) is 9.97 Å². The Kier molecular flexibility index (Phi) is 3.80. The molecule has 0 N–H and O–H groups in total. The van der Waals surface area contributed by atoms with E-state index in [2.05, 4.69) is 14.2 Å². The first-order valence-corrected chi connectivity index (χ1v) is 6.58. The van der Waals surface area contributed by atoms with E-state index in [4.69, 9.17) is 0 Å². The van der Waals surface area contributed by atoms with Crippen LogP contribution in [0.25, 0.3) is 11.0 Å². The van der Waals surface area contributed by atoms with E-state index in [9.17, 15) is 30.4 Å². The van der Waals surface area contributed by atoms with Crippen molar-refractivity contribution in [1.29, 1.82) is 0 Å². The molecule has 0 unspecified atom stereocenters. The van der Waals surface area contributed by atoms with Crippen LogP contribution in [0.15, 0.2) is 23.1 Å². The van der Waals surface area contributed by atoms with Crippen LogP contribution in [0, 0.1) is 11.9 Å². The molecule has 0 atom stereocenters. The van der Waals surface area contributed by atoms with Crippen molar-refractivity contribution in [2.75, 3.05) is 6.61 Å². The van der Waals surface area contributed by atoms with Crippen molar-refractivity contribution in [3.63, 3.8) is 0 Å². The van der Waals surface area contributed by atoms with Gasteiger partial charge in [-0.1, -0.05) is 0 Å². The third-order valence-electron chi connectivity index (χ3n) is 2.22. The van der Waals surface area contributed by atoms with Crippen molar-refractivity contribution in [2.24, 2.45) is 0 Å². The monoisotopic (exact) mass is 328 g/mol. The van der Waals surface area contributed by atoms with Crippen molar-refractivity contribution < 1.29 is 34.6 Å². The number of nitrogens with zero attached hydrogens (tertiary/aromatic N) is 2. The third-order valence-corrected chi connectivity index (χ3v) is 3.48. The summed E-state index contributed by atoms with van der Waals surface area (Å²) in [6.45, 7) is -2.00. The highest BCUT2D eigenvalue weighted by molar-refractivity contribution is 7.86. The summed E-state index contributed by atoms with van der Waals surface area (Å²) in [7, 11) is -4.71. The predicted molar refractivity (Wildman–Crippen MR) is 58.6 cm³/mol. The summed E-state index contributed by atoms with van der Waals surface area (Å²) in [6, 6.07) is 2.55. The van der Waals surface area contributed by atoms with Gasteiger partial charge in [0.25, 0.3) is 22.0 Å². The SMILES string of the molecule is O=S(=O)(OCC(F)(F)F)c1ccc2nc(F)c(F)nc2c1. The van der Waals surface area contributed by atoms with Crippen LogP contribution < -0.4 is 0 Å². The Bertz CT molecular complexity index is 791. The number of fused-ring (bicyclic) bond motifs is 1. The van der Waals surface area contributed by atoms with Gasteiger partial charge in [0.2, 0.25) is 0 Å². The molecule has 0 saturated carbocycles. The molecule has 2 rings (SSSR count). The standard InChI is InChI=1S/C10H5F5N2O3S/c11-8-9(12)17-7-3-5(1-2-6(7)16-8)21(18,19)20-4-10(13,14)15/h1-3H,4H2. The first-order chi connectivity index (χ1) is 9.58. The zero-order valence-electron chi connectivity index (χ0n) is 9.86. The average Bonchev–Trinajstić information content (AvgIpc) is 2.36. The minimum Gasteiger partial charge on any atom is -0.257 e. The molecule has 21 heavy (non-hydrogen) atoms. The van der Waals surface area contributed by atoms with Gasteiger partial charge in [0.15, 0.2) is 6.61 Å². The van der Waals surface area contributed by atoms with E-state index in [0.717, 1.165) is 18.2 Å². The number of halogens is 5. The molecule has 0 fully saturated rings. The maximum atomic E-state index is 12.9. The van der Waals surface area contributed by atoms with Gasteiger partial charge in [-0.3, -0.25) is 4.18 Å². The molecule has 0 aliphatic rings. The quantitative estimate of drug-likeness (QED) is 0.638. The molecule has 0 saturated heterocycles. The van der Waals surface area contributed by atoms with Gasteiger partial charge in [0.1, 0.15) is 0 Å². The fourth-order valence-electron chi connectivity index (χ4n) is 1.36. The van der Waals surface area contributed by atoms with Crippen LogP contribution in [0.5, 0.6) is 0 Å². The fraction of sp³-hybridized carbons (Fsp3) is 0.200. The maximum Gasteiger partial charge on any atom is 0.413 e. The van der Waals surface area contributed by atoms with Crippen LogP contribution in [0.1, 0.15) is 0 Å². The lowest BCUT2D eigenvalue weighted by atomic mass is 10.3. The van der Waals surface area contributed by atoms with E-state index in [1.807, 2.05) is 0 Å². The van der Waals surface area contributed by atoms with Crippen LogP contribution in [0.2, 0.25) is 0 Å². The Labute approximate surface area is 114 Å². The Morgan fingerprint density at radius 1 is 1.05 bits per heavy atom. The summed E-state index contributed by atoms with van der Waals surface area (Å²) >= 11 is 0. The van der Waals surface area contributed by atoms with Crippen molar-refractivity contribution in [3.8, 4) is 0 Å². The number of hydrogen-bond donors (Lipinski definition) is 0. The molecule has 114 valence electrons. The summed E-state index contributed by atoms with van der Waals surface area (Å²) in [4.78, 5) is 5.59. The molecule has 0 amide bonds. The van der Waals surface area contributed by atoms with Gasteiger partial charge in [0.05, 0.1) is 15.9 Å². The number of rotatable bonds is 3. The van der Waals surface area contributed by atoms with Crippen molar-refractivity contribution in [3.05, 3.63) is 30.1 Å². The lowest BCUT2D eigenvalue weighted by molar-refractivity contribution is -0.152. The Morgan fingerprint density at radius 2 is 1.62 bits per heavy atom. The van der Waals surface area contributed by atoms with Gasteiger partial charge < -0.3 is 0 Å². The normalized spacial score (nSPS) is 12.8. The lowest BCUT2D eigenvalue weighted by Gasteiger charge is -2.08.